The highest BCUT2D eigenvalue weighted by Gasteiger charge is 2.32. The smallest absolute Gasteiger partial charge is 0.406 e. The van der Waals surface area contributed by atoms with E-state index in [1.165, 1.54) is 12.1 Å². The number of benzene rings is 1. The third-order valence-corrected chi connectivity index (χ3v) is 2.92. The first-order chi connectivity index (χ1) is 8.85. The van der Waals surface area contributed by atoms with Crippen molar-refractivity contribution in [3.63, 3.8) is 0 Å². The van der Waals surface area contributed by atoms with E-state index in [4.69, 9.17) is 4.74 Å². The van der Waals surface area contributed by atoms with Crippen LogP contribution in [0.15, 0.2) is 24.3 Å². The van der Waals surface area contributed by atoms with Gasteiger partial charge in [0.15, 0.2) is 5.78 Å². The van der Waals surface area contributed by atoms with Crippen LogP contribution in [0, 0.1) is 5.92 Å². The van der Waals surface area contributed by atoms with Gasteiger partial charge < -0.3 is 9.47 Å². The van der Waals surface area contributed by atoms with E-state index in [1.807, 2.05) is 6.92 Å². The normalized spacial score (nSPS) is 23.4. The molecule has 2 unspecified atom stereocenters. The van der Waals surface area contributed by atoms with Gasteiger partial charge in [0.25, 0.3) is 0 Å². The fraction of sp³-hybridized carbons (Fsp3) is 0.462. The van der Waals surface area contributed by atoms with Crippen molar-refractivity contribution in [3.8, 4) is 5.75 Å². The number of alkyl halides is 3. The van der Waals surface area contributed by atoms with Gasteiger partial charge in [-0.1, -0.05) is 12.1 Å². The zero-order valence-corrected chi connectivity index (χ0v) is 10.2. The first-order valence-electron chi connectivity index (χ1n) is 5.87. The van der Waals surface area contributed by atoms with Crippen molar-refractivity contribution in [2.45, 2.75) is 25.8 Å². The first-order valence-corrected chi connectivity index (χ1v) is 5.87. The second-order valence-electron chi connectivity index (χ2n) is 4.52. The van der Waals surface area contributed by atoms with Crippen LogP contribution < -0.4 is 4.74 Å². The lowest BCUT2D eigenvalue weighted by molar-refractivity contribution is -0.274. The minimum Gasteiger partial charge on any atom is -0.406 e. The predicted molar refractivity (Wildman–Crippen MR) is 61.0 cm³/mol. The molecule has 2 atom stereocenters. The molecule has 1 fully saturated rings. The summed E-state index contributed by atoms with van der Waals surface area (Å²) in [5.41, 5.74) is 0.212. The summed E-state index contributed by atoms with van der Waals surface area (Å²) < 4.78 is 45.4. The Hall–Kier alpha value is -1.56. The van der Waals surface area contributed by atoms with Crippen LogP contribution in [0.5, 0.6) is 5.75 Å². The molecule has 1 heterocycles. The van der Waals surface area contributed by atoms with E-state index in [2.05, 4.69) is 4.74 Å². The van der Waals surface area contributed by atoms with Gasteiger partial charge >= 0.3 is 6.36 Å². The van der Waals surface area contributed by atoms with Gasteiger partial charge in [-0.2, -0.15) is 0 Å². The van der Waals surface area contributed by atoms with Crippen LogP contribution in [-0.4, -0.2) is 24.9 Å². The summed E-state index contributed by atoms with van der Waals surface area (Å²) in [5.74, 6) is -0.890. The standard InChI is InChI=1S/C13H13F3O3/c1-8-5-10(7-18-8)12(17)9-3-2-4-11(6-9)19-13(14,15)16/h2-4,6,8,10H,5,7H2,1H3. The molecule has 0 aliphatic carbocycles. The van der Waals surface area contributed by atoms with E-state index in [0.29, 0.717) is 13.0 Å². The second kappa shape index (κ2) is 5.21. The van der Waals surface area contributed by atoms with Gasteiger partial charge in [-0.25, -0.2) is 0 Å². The number of hydrogen-bond donors (Lipinski definition) is 0. The zero-order valence-electron chi connectivity index (χ0n) is 10.2. The number of Topliss-reactive ketones (excluding diaryl/α,β-unsaturated/α-hetero) is 1. The molecule has 1 aliphatic heterocycles. The molecule has 1 saturated heterocycles. The molecule has 6 heteroatoms. The van der Waals surface area contributed by atoms with Crippen LogP contribution in [0.3, 0.4) is 0 Å². The van der Waals surface area contributed by atoms with Gasteiger partial charge in [0.2, 0.25) is 0 Å². The number of ketones is 1. The van der Waals surface area contributed by atoms with Crippen molar-refractivity contribution in [1.82, 2.24) is 0 Å². The lowest BCUT2D eigenvalue weighted by atomic mass is 9.95. The number of carbonyl (C=O) groups is 1. The second-order valence-corrected chi connectivity index (χ2v) is 4.52. The van der Waals surface area contributed by atoms with Crippen molar-refractivity contribution < 1.29 is 27.4 Å². The van der Waals surface area contributed by atoms with Crippen LogP contribution >= 0.6 is 0 Å². The van der Waals surface area contributed by atoms with E-state index < -0.39 is 6.36 Å². The van der Waals surface area contributed by atoms with Crippen LogP contribution in [0.4, 0.5) is 13.2 Å². The Morgan fingerprint density at radius 3 is 2.74 bits per heavy atom. The van der Waals surface area contributed by atoms with E-state index in [1.54, 1.807) is 0 Å². The number of carbonyl (C=O) groups excluding carboxylic acids is 1. The monoisotopic (exact) mass is 274 g/mol. The van der Waals surface area contributed by atoms with Crippen LogP contribution in [-0.2, 0) is 4.74 Å². The van der Waals surface area contributed by atoms with Crippen molar-refractivity contribution in [2.24, 2.45) is 5.92 Å². The van der Waals surface area contributed by atoms with E-state index in [0.717, 1.165) is 12.1 Å². The maximum atomic E-state index is 12.1. The van der Waals surface area contributed by atoms with Gasteiger partial charge in [-0.05, 0) is 25.5 Å². The SMILES string of the molecule is CC1CC(C(=O)c2cccc(OC(F)(F)F)c2)CO1. The summed E-state index contributed by atoms with van der Waals surface area (Å²) in [4.78, 5) is 12.1. The molecular formula is C13H13F3O3. The van der Waals surface area contributed by atoms with Crippen LogP contribution in [0.2, 0.25) is 0 Å². The zero-order chi connectivity index (χ0) is 14.0. The summed E-state index contributed by atoms with van der Waals surface area (Å²) >= 11 is 0. The molecule has 3 nitrogen and oxygen atoms in total. The summed E-state index contributed by atoms with van der Waals surface area (Å²) in [6.07, 6.45) is -4.17. The Morgan fingerprint density at radius 2 is 2.16 bits per heavy atom. The lowest BCUT2D eigenvalue weighted by Crippen LogP contribution is -2.18. The number of halogens is 3. The molecule has 0 amide bonds. The Morgan fingerprint density at radius 1 is 1.42 bits per heavy atom. The summed E-state index contributed by atoms with van der Waals surface area (Å²) in [7, 11) is 0. The minimum absolute atomic E-state index is 0.00329. The lowest BCUT2D eigenvalue weighted by Gasteiger charge is -2.11. The molecule has 0 radical (unpaired) electrons. The van der Waals surface area contributed by atoms with Gasteiger partial charge in [0.05, 0.1) is 12.7 Å². The molecule has 0 aromatic heterocycles. The maximum absolute atomic E-state index is 12.1. The highest BCUT2D eigenvalue weighted by atomic mass is 19.4. The van der Waals surface area contributed by atoms with Gasteiger partial charge in [0, 0.05) is 11.5 Å². The fourth-order valence-electron chi connectivity index (χ4n) is 2.08. The molecule has 0 saturated carbocycles. The molecule has 1 aliphatic rings. The molecule has 1 aromatic carbocycles. The number of hydrogen-bond acceptors (Lipinski definition) is 3. The Labute approximate surface area is 108 Å². The molecule has 104 valence electrons. The van der Waals surface area contributed by atoms with Crippen LogP contribution in [0.1, 0.15) is 23.7 Å². The Bertz CT molecular complexity index is 470. The molecule has 19 heavy (non-hydrogen) atoms. The van der Waals surface area contributed by atoms with Crippen molar-refractivity contribution >= 4 is 5.78 Å². The highest BCUT2D eigenvalue weighted by Crippen LogP contribution is 2.27. The maximum Gasteiger partial charge on any atom is 0.573 e. The molecule has 0 N–H and O–H groups in total. The molecule has 1 aromatic rings. The van der Waals surface area contributed by atoms with Crippen molar-refractivity contribution in [3.05, 3.63) is 29.8 Å². The third kappa shape index (κ3) is 3.70. The predicted octanol–water partition coefficient (Wildman–Crippen LogP) is 3.19. The largest absolute Gasteiger partial charge is 0.573 e. The van der Waals surface area contributed by atoms with E-state index >= 15 is 0 Å². The quantitative estimate of drug-likeness (QED) is 0.794. The molecule has 0 spiro atoms. The van der Waals surface area contributed by atoms with Crippen molar-refractivity contribution in [2.75, 3.05) is 6.61 Å². The van der Waals surface area contributed by atoms with Crippen LogP contribution in [0.25, 0.3) is 0 Å². The number of ether oxygens (including phenoxy) is 2. The van der Waals surface area contributed by atoms with Gasteiger partial charge in [-0.3, -0.25) is 4.79 Å². The average Bonchev–Trinajstić information content (AvgIpc) is 2.73. The Balaban J connectivity index is 2.12. The summed E-state index contributed by atoms with van der Waals surface area (Å²) in [6.45, 7) is 2.17. The van der Waals surface area contributed by atoms with E-state index in [9.17, 15) is 18.0 Å². The van der Waals surface area contributed by atoms with E-state index in [-0.39, 0.29) is 29.1 Å². The molecule has 0 bridgehead atoms. The third-order valence-electron chi connectivity index (χ3n) is 2.92. The summed E-state index contributed by atoms with van der Waals surface area (Å²) in [5, 5.41) is 0. The summed E-state index contributed by atoms with van der Waals surface area (Å²) in [6, 6.07) is 5.12. The topological polar surface area (TPSA) is 35.5 Å². The van der Waals surface area contributed by atoms with Gasteiger partial charge in [-0.15, -0.1) is 13.2 Å². The van der Waals surface area contributed by atoms with Gasteiger partial charge in [0.1, 0.15) is 5.75 Å². The molecular weight excluding hydrogens is 261 g/mol. The molecule has 2 rings (SSSR count). The number of rotatable bonds is 3. The fourth-order valence-corrected chi connectivity index (χ4v) is 2.08. The first kappa shape index (κ1) is 13.9. The van der Waals surface area contributed by atoms with Crippen molar-refractivity contribution in [1.29, 1.82) is 0 Å². The minimum atomic E-state index is -4.76. The average molecular weight is 274 g/mol. The highest BCUT2D eigenvalue weighted by molar-refractivity contribution is 5.98. The Kier molecular flexibility index (Phi) is 3.80.